The maximum atomic E-state index is 12.6. The monoisotopic (exact) mass is 303 g/mol. The van der Waals surface area contributed by atoms with Gasteiger partial charge in [0.2, 0.25) is 0 Å². The second-order valence-electron chi connectivity index (χ2n) is 3.42. The van der Waals surface area contributed by atoms with Crippen LogP contribution < -0.4 is 0 Å². The number of esters is 1. The minimum atomic E-state index is -5.06. The molecule has 3 nitrogen and oxygen atoms in total. The molecule has 0 bridgehead atoms. The summed E-state index contributed by atoms with van der Waals surface area (Å²) < 4.78 is 67.3. The Bertz CT molecular complexity index is 490. The number of rotatable bonds is 3. The Hall–Kier alpha value is -1.44. The number of aromatic nitrogens is 1. The molecule has 1 aromatic rings. The lowest BCUT2D eigenvalue weighted by Gasteiger charge is -2.14. The van der Waals surface area contributed by atoms with Crippen molar-refractivity contribution in [2.45, 2.75) is 19.0 Å². The number of hydrogen-bond acceptors (Lipinski definition) is 3. The van der Waals surface area contributed by atoms with Crippen molar-refractivity contribution in [3.05, 3.63) is 28.0 Å². The van der Waals surface area contributed by atoms with Gasteiger partial charge in [0, 0.05) is 5.56 Å². The lowest BCUT2D eigenvalue weighted by atomic mass is 10.1. The molecule has 19 heavy (non-hydrogen) atoms. The molecule has 0 aromatic carbocycles. The molecule has 0 aliphatic heterocycles. The molecule has 1 aromatic heterocycles. The number of alkyl halides is 5. The third-order valence-electron chi connectivity index (χ3n) is 2.13. The van der Waals surface area contributed by atoms with Crippen LogP contribution in [-0.4, -0.2) is 18.1 Å². The van der Waals surface area contributed by atoms with Gasteiger partial charge in [-0.25, -0.2) is 13.8 Å². The Morgan fingerprint density at radius 1 is 1.47 bits per heavy atom. The molecule has 0 aliphatic rings. The normalized spacial score (nSPS) is 11.8. The van der Waals surface area contributed by atoms with E-state index in [9.17, 15) is 26.7 Å². The first-order chi connectivity index (χ1) is 8.66. The van der Waals surface area contributed by atoms with Crippen molar-refractivity contribution in [3.63, 3.8) is 0 Å². The minimum Gasteiger partial charge on any atom is -0.469 e. The van der Waals surface area contributed by atoms with Crippen LogP contribution in [0, 0.1) is 0 Å². The van der Waals surface area contributed by atoms with Gasteiger partial charge < -0.3 is 4.74 Å². The number of halogens is 6. The highest BCUT2D eigenvalue weighted by molar-refractivity contribution is 6.30. The van der Waals surface area contributed by atoms with Gasteiger partial charge in [0.1, 0.15) is 10.7 Å². The number of carbonyl (C=O) groups excluding carboxylic acids is 1. The van der Waals surface area contributed by atoms with Crippen LogP contribution >= 0.6 is 11.6 Å². The molecule has 0 spiro atoms. The highest BCUT2D eigenvalue weighted by Crippen LogP contribution is 2.40. The van der Waals surface area contributed by atoms with Gasteiger partial charge >= 0.3 is 12.1 Å². The quantitative estimate of drug-likeness (QED) is 0.488. The third-order valence-corrected chi connectivity index (χ3v) is 2.40. The van der Waals surface area contributed by atoms with Crippen LogP contribution in [0.3, 0.4) is 0 Å². The topological polar surface area (TPSA) is 39.2 Å². The molecular formula is C10H7ClF5NO2. The highest BCUT2D eigenvalue weighted by Gasteiger charge is 2.39. The molecule has 0 radical (unpaired) electrons. The molecule has 9 heteroatoms. The molecule has 0 saturated carbocycles. The number of ether oxygens (including phenoxy) is 1. The van der Waals surface area contributed by atoms with Gasteiger partial charge in [-0.15, -0.1) is 0 Å². The Labute approximate surface area is 109 Å². The summed E-state index contributed by atoms with van der Waals surface area (Å²) in [6.07, 6.45) is -9.00. The summed E-state index contributed by atoms with van der Waals surface area (Å²) in [7, 11) is 1.04. The summed E-state index contributed by atoms with van der Waals surface area (Å²) in [5.41, 5.74) is -3.33. The van der Waals surface area contributed by atoms with Crippen LogP contribution in [0.4, 0.5) is 22.0 Å². The van der Waals surface area contributed by atoms with E-state index in [4.69, 9.17) is 11.6 Å². The van der Waals surface area contributed by atoms with Gasteiger partial charge in [-0.05, 0) is 6.07 Å². The second-order valence-corrected chi connectivity index (χ2v) is 3.78. The lowest BCUT2D eigenvalue weighted by Crippen LogP contribution is -2.14. The summed E-state index contributed by atoms with van der Waals surface area (Å²) in [6.45, 7) is 0. The molecule has 0 atom stereocenters. The van der Waals surface area contributed by atoms with Gasteiger partial charge in [0.15, 0.2) is 0 Å². The second kappa shape index (κ2) is 5.68. The van der Waals surface area contributed by atoms with E-state index in [1.54, 1.807) is 0 Å². The molecule has 1 rings (SSSR count). The minimum absolute atomic E-state index is 0.319. The average molecular weight is 304 g/mol. The third kappa shape index (κ3) is 3.76. The summed E-state index contributed by atoms with van der Waals surface area (Å²) in [5, 5.41) is -1.12. The van der Waals surface area contributed by atoms with Gasteiger partial charge in [-0.3, -0.25) is 4.79 Å². The zero-order chi connectivity index (χ0) is 14.8. The highest BCUT2D eigenvalue weighted by atomic mass is 35.5. The van der Waals surface area contributed by atoms with E-state index in [0.717, 1.165) is 7.11 Å². The molecule has 0 aliphatic carbocycles. The van der Waals surface area contributed by atoms with Crippen molar-refractivity contribution in [3.8, 4) is 0 Å². The zero-order valence-corrected chi connectivity index (χ0v) is 10.1. The van der Waals surface area contributed by atoms with E-state index >= 15 is 0 Å². The van der Waals surface area contributed by atoms with Crippen molar-refractivity contribution >= 4 is 17.6 Å². The van der Waals surface area contributed by atoms with E-state index in [2.05, 4.69) is 9.72 Å². The number of hydrogen-bond donors (Lipinski definition) is 0. The van der Waals surface area contributed by atoms with Crippen molar-refractivity contribution in [1.82, 2.24) is 4.98 Å². The van der Waals surface area contributed by atoms with Crippen LogP contribution in [0.5, 0.6) is 0 Å². The van der Waals surface area contributed by atoms with Crippen LogP contribution in [-0.2, 0) is 22.1 Å². The Morgan fingerprint density at radius 3 is 2.47 bits per heavy atom. The molecule has 0 saturated heterocycles. The summed E-state index contributed by atoms with van der Waals surface area (Å²) >= 11 is 5.27. The van der Waals surface area contributed by atoms with Crippen LogP contribution in [0.1, 0.15) is 23.2 Å². The number of nitrogens with zero attached hydrogens (tertiary/aromatic N) is 1. The molecule has 0 unspecified atom stereocenters. The van der Waals surface area contributed by atoms with E-state index in [1.165, 1.54) is 0 Å². The van der Waals surface area contributed by atoms with Crippen molar-refractivity contribution in [2.24, 2.45) is 0 Å². The first-order valence-corrected chi connectivity index (χ1v) is 5.16. The van der Waals surface area contributed by atoms with Crippen LogP contribution in [0.2, 0.25) is 5.15 Å². The summed E-state index contributed by atoms with van der Waals surface area (Å²) in [4.78, 5) is 14.2. The molecule has 0 N–H and O–H groups in total. The van der Waals surface area contributed by atoms with Gasteiger partial charge in [0.25, 0.3) is 6.43 Å². The molecule has 0 amide bonds. The average Bonchev–Trinajstić information content (AvgIpc) is 2.25. The lowest BCUT2D eigenvalue weighted by molar-refractivity contribution is -0.140. The largest absolute Gasteiger partial charge is 0.469 e. The van der Waals surface area contributed by atoms with Crippen LogP contribution in [0.25, 0.3) is 0 Å². The Kier molecular flexibility index (Phi) is 4.67. The molecule has 1 heterocycles. The number of methoxy groups -OCH3 is 1. The standard InChI is InChI=1S/C10H7ClF5NO2/c1-19-6(18)3-4-2-5(9(12)13)7(8(11)17-4)10(14,15)16/h2,9H,3H2,1H3. The first kappa shape index (κ1) is 15.6. The van der Waals surface area contributed by atoms with E-state index in [0.29, 0.717) is 6.07 Å². The Balaban J connectivity index is 3.34. The number of carbonyl (C=O) groups is 1. The van der Waals surface area contributed by atoms with Crippen molar-refractivity contribution < 1.29 is 31.5 Å². The molecule has 106 valence electrons. The maximum Gasteiger partial charge on any atom is 0.419 e. The number of pyridine rings is 1. The van der Waals surface area contributed by atoms with E-state index in [1.807, 2.05) is 0 Å². The van der Waals surface area contributed by atoms with E-state index in [-0.39, 0.29) is 5.69 Å². The fourth-order valence-electron chi connectivity index (χ4n) is 1.35. The Morgan fingerprint density at radius 2 is 2.05 bits per heavy atom. The summed E-state index contributed by atoms with van der Waals surface area (Å²) in [6, 6.07) is 0.496. The predicted octanol–water partition coefficient (Wildman–Crippen LogP) is 3.41. The predicted molar refractivity (Wildman–Crippen MR) is 54.9 cm³/mol. The fourth-order valence-corrected chi connectivity index (χ4v) is 1.67. The molecular weight excluding hydrogens is 297 g/mol. The zero-order valence-electron chi connectivity index (χ0n) is 9.39. The SMILES string of the molecule is COC(=O)Cc1cc(C(F)F)c(C(F)(F)F)c(Cl)n1. The van der Waals surface area contributed by atoms with Gasteiger partial charge in [0.05, 0.1) is 19.2 Å². The van der Waals surface area contributed by atoms with Crippen molar-refractivity contribution in [2.75, 3.05) is 7.11 Å². The van der Waals surface area contributed by atoms with Crippen LogP contribution in [0.15, 0.2) is 6.07 Å². The van der Waals surface area contributed by atoms with Gasteiger partial charge in [-0.1, -0.05) is 11.6 Å². The smallest absolute Gasteiger partial charge is 0.419 e. The fraction of sp³-hybridized carbons (Fsp3) is 0.400. The van der Waals surface area contributed by atoms with E-state index < -0.39 is 41.3 Å². The van der Waals surface area contributed by atoms with Crippen molar-refractivity contribution in [1.29, 1.82) is 0 Å². The first-order valence-electron chi connectivity index (χ1n) is 4.78. The maximum absolute atomic E-state index is 12.6. The molecule has 0 fully saturated rings. The van der Waals surface area contributed by atoms with Gasteiger partial charge in [-0.2, -0.15) is 13.2 Å². The summed E-state index contributed by atoms with van der Waals surface area (Å²) in [5.74, 6) is -0.830.